The fraction of sp³-hybridized carbons (Fsp3) is 0.304. The molecule has 0 saturated heterocycles. The Bertz CT molecular complexity index is 1190. The van der Waals surface area contributed by atoms with Gasteiger partial charge in [-0.25, -0.2) is 4.98 Å². The molecule has 9 heteroatoms. The first-order valence-electron chi connectivity index (χ1n) is 10.2. The molecule has 1 aromatic heterocycles. The van der Waals surface area contributed by atoms with E-state index in [9.17, 15) is 23.1 Å². The van der Waals surface area contributed by atoms with Crippen LogP contribution in [0.5, 0.6) is 11.5 Å². The first-order chi connectivity index (χ1) is 15.3. The van der Waals surface area contributed by atoms with Gasteiger partial charge in [0, 0.05) is 18.6 Å². The maximum absolute atomic E-state index is 12.9. The fourth-order valence-electron chi connectivity index (χ4n) is 4.62. The number of carbonyl (C=O) groups is 1. The first-order valence-corrected chi connectivity index (χ1v) is 11.0. The van der Waals surface area contributed by atoms with Gasteiger partial charge in [-0.2, -0.15) is 13.2 Å². The number of amides is 1. The summed E-state index contributed by atoms with van der Waals surface area (Å²) in [7, 11) is 0. The minimum Gasteiger partial charge on any atom is -0.457 e. The molecule has 1 heterocycles. The van der Waals surface area contributed by atoms with Gasteiger partial charge in [-0.3, -0.25) is 4.79 Å². The predicted molar refractivity (Wildman–Crippen MR) is 115 cm³/mol. The molecule has 2 aliphatic rings. The number of nitrogens with zero attached hydrogens (tertiary/aromatic N) is 1. The van der Waals surface area contributed by atoms with E-state index in [1.807, 2.05) is 0 Å². The molecule has 0 aliphatic heterocycles. The van der Waals surface area contributed by atoms with Gasteiger partial charge in [0.05, 0.1) is 21.7 Å². The lowest BCUT2D eigenvalue weighted by molar-refractivity contribution is -0.137. The van der Waals surface area contributed by atoms with E-state index >= 15 is 0 Å². The highest BCUT2D eigenvalue weighted by Crippen LogP contribution is 2.48. The van der Waals surface area contributed by atoms with Crippen LogP contribution in [-0.4, -0.2) is 22.6 Å². The van der Waals surface area contributed by atoms with Crippen molar-refractivity contribution in [3.63, 3.8) is 0 Å². The SMILES string of the molecule is O=C(Nc1nc2ccc(Oc3ccc(C(F)(F)F)cc3)cc2s1)[C@H]1C2C=CC(C2)[C@H]1CO. The Hall–Kier alpha value is -2.91. The second-order valence-corrected chi connectivity index (χ2v) is 9.11. The number of aliphatic hydroxyl groups excluding tert-OH is 1. The third kappa shape index (κ3) is 3.86. The molecule has 2 unspecified atom stereocenters. The van der Waals surface area contributed by atoms with Crippen molar-refractivity contribution in [1.82, 2.24) is 4.98 Å². The molecule has 166 valence electrons. The van der Waals surface area contributed by atoms with Crippen LogP contribution >= 0.6 is 11.3 Å². The molecule has 4 atom stereocenters. The second-order valence-electron chi connectivity index (χ2n) is 8.08. The number of nitrogens with one attached hydrogen (secondary N) is 1. The van der Waals surface area contributed by atoms with Crippen LogP contribution in [0, 0.1) is 23.7 Å². The highest BCUT2D eigenvalue weighted by Gasteiger charge is 2.47. The van der Waals surface area contributed by atoms with E-state index in [0.717, 1.165) is 23.3 Å². The smallest absolute Gasteiger partial charge is 0.416 e. The number of hydrogen-bond acceptors (Lipinski definition) is 5. The first kappa shape index (κ1) is 21.0. The van der Waals surface area contributed by atoms with Gasteiger partial charge in [0.15, 0.2) is 5.13 Å². The number of halogens is 3. The molecule has 1 fully saturated rings. The summed E-state index contributed by atoms with van der Waals surface area (Å²) in [5, 5.41) is 13.0. The molecule has 1 saturated carbocycles. The van der Waals surface area contributed by atoms with Gasteiger partial charge in [-0.05, 0) is 54.7 Å². The van der Waals surface area contributed by atoms with E-state index in [0.29, 0.717) is 16.4 Å². The summed E-state index contributed by atoms with van der Waals surface area (Å²) in [5.41, 5.74) is -0.0610. The normalized spacial score (nSPS) is 24.2. The van der Waals surface area contributed by atoms with Crippen molar-refractivity contribution < 1.29 is 27.8 Å². The van der Waals surface area contributed by atoms with E-state index in [2.05, 4.69) is 22.5 Å². The largest absolute Gasteiger partial charge is 0.457 e. The van der Waals surface area contributed by atoms with E-state index in [1.54, 1.807) is 18.2 Å². The molecular formula is C23H19F3N2O3S. The zero-order chi connectivity index (χ0) is 22.5. The van der Waals surface area contributed by atoms with Crippen molar-refractivity contribution in [2.45, 2.75) is 12.6 Å². The van der Waals surface area contributed by atoms with Crippen molar-refractivity contribution in [3.05, 3.63) is 60.2 Å². The number of anilines is 1. The van der Waals surface area contributed by atoms with Crippen molar-refractivity contribution >= 4 is 32.6 Å². The summed E-state index contributed by atoms with van der Waals surface area (Å²) >= 11 is 1.29. The van der Waals surface area contributed by atoms with Crippen LogP contribution in [0.3, 0.4) is 0 Å². The molecular weight excluding hydrogens is 441 g/mol. The number of aromatic nitrogens is 1. The summed E-state index contributed by atoms with van der Waals surface area (Å²) in [5.74, 6) is 0.674. The third-order valence-corrected chi connectivity index (χ3v) is 7.08. The second kappa shape index (κ2) is 7.90. The summed E-state index contributed by atoms with van der Waals surface area (Å²) in [6, 6.07) is 9.62. The highest BCUT2D eigenvalue weighted by molar-refractivity contribution is 7.22. The van der Waals surface area contributed by atoms with Gasteiger partial charge in [-0.1, -0.05) is 23.5 Å². The average molecular weight is 460 g/mol. The monoisotopic (exact) mass is 460 g/mol. The van der Waals surface area contributed by atoms with Crippen LogP contribution < -0.4 is 10.1 Å². The minimum atomic E-state index is -4.40. The number of benzene rings is 2. The lowest BCUT2D eigenvalue weighted by Crippen LogP contribution is -2.34. The highest BCUT2D eigenvalue weighted by atomic mass is 32.1. The zero-order valence-electron chi connectivity index (χ0n) is 16.7. The number of allylic oxidation sites excluding steroid dienone is 2. The average Bonchev–Trinajstić information content (AvgIpc) is 3.46. The van der Waals surface area contributed by atoms with Crippen LogP contribution in [0.25, 0.3) is 10.2 Å². The molecule has 2 N–H and O–H groups in total. The van der Waals surface area contributed by atoms with Crippen molar-refractivity contribution in [2.75, 3.05) is 11.9 Å². The Balaban J connectivity index is 1.30. The fourth-order valence-corrected chi connectivity index (χ4v) is 5.52. The molecule has 1 amide bonds. The number of rotatable bonds is 5. The van der Waals surface area contributed by atoms with Gasteiger partial charge in [0.25, 0.3) is 0 Å². The Morgan fingerprint density at radius 3 is 2.56 bits per heavy atom. The summed E-state index contributed by atoms with van der Waals surface area (Å²) in [6.07, 6.45) is 0.649. The predicted octanol–water partition coefficient (Wildman–Crippen LogP) is 5.48. The van der Waals surface area contributed by atoms with Gasteiger partial charge in [0.1, 0.15) is 11.5 Å². The number of carbonyl (C=O) groups excluding carboxylic acids is 1. The Morgan fingerprint density at radius 1 is 1.12 bits per heavy atom. The van der Waals surface area contributed by atoms with E-state index in [4.69, 9.17) is 4.74 Å². The Morgan fingerprint density at radius 2 is 1.84 bits per heavy atom. The quantitative estimate of drug-likeness (QED) is 0.495. The van der Waals surface area contributed by atoms with Crippen molar-refractivity contribution in [3.8, 4) is 11.5 Å². The van der Waals surface area contributed by atoms with Crippen LogP contribution in [-0.2, 0) is 11.0 Å². The molecule has 0 radical (unpaired) electrons. The molecule has 0 spiro atoms. The number of ether oxygens (including phenoxy) is 1. The maximum Gasteiger partial charge on any atom is 0.416 e. The lowest BCUT2D eigenvalue weighted by atomic mass is 9.83. The van der Waals surface area contributed by atoms with Crippen LogP contribution in [0.2, 0.25) is 0 Å². The van der Waals surface area contributed by atoms with Crippen molar-refractivity contribution in [2.24, 2.45) is 23.7 Å². The standard InChI is InChI=1S/C23H19F3N2O3S/c24-23(25,26)14-3-5-15(6-4-14)31-16-7-8-18-19(10-16)32-22(27-18)28-21(30)20-13-2-1-12(9-13)17(20)11-29/h1-8,10,12-13,17,20,29H,9,11H2,(H,27,28,30)/t12?,13?,17-,20+/m1/s1. The number of thiazole rings is 1. The number of fused-ring (bicyclic) bond motifs is 3. The topological polar surface area (TPSA) is 71.5 Å². The molecule has 2 aromatic carbocycles. The van der Waals surface area contributed by atoms with E-state index in [-0.39, 0.29) is 41.9 Å². The van der Waals surface area contributed by atoms with Crippen molar-refractivity contribution in [1.29, 1.82) is 0 Å². The summed E-state index contributed by atoms with van der Waals surface area (Å²) in [6.45, 7) is -0.0198. The third-order valence-electron chi connectivity index (χ3n) is 6.14. The van der Waals surface area contributed by atoms with E-state index < -0.39 is 11.7 Å². The number of aliphatic hydroxyl groups is 1. The van der Waals surface area contributed by atoms with Gasteiger partial charge < -0.3 is 15.2 Å². The molecule has 3 aromatic rings. The lowest BCUT2D eigenvalue weighted by Gasteiger charge is -2.24. The van der Waals surface area contributed by atoms with Crippen LogP contribution in [0.4, 0.5) is 18.3 Å². The molecule has 2 aliphatic carbocycles. The molecule has 32 heavy (non-hydrogen) atoms. The number of alkyl halides is 3. The Labute approximate surface area is 185 Å². The van der Waals surface area contributed by atoms with Gasteiger partial charge in [-0.15, -0.1) is 0 Å². The summed E-state index contributed by atoms with van der Waals surface area (Å²) < 4.78 is 44.6. The number of hydrogen-bond donors (Lipinski definition) is 2. The minimum absolute atomic E-state index is 0.0198. The van der Waals surface area contributed by atoms with Gasteiger partial charge >= 0.3 is 6.18 Å². The van der Waals surface area contributed by atoms with E-state index in [1.165, 1.54) is 23.5 Å². The molecule has 5 rings (SSSR count). The maximum atomic E-state index is 12.9. The Kier molecular flexibility index (Phi) is 5.17. The van der Waals surface area contributed by atoms with Crippen LogP contribution in [0.15, 0.2) is 54.6 Å². The zero-order valence-corrected chi connectivity index (χ0v) is 17.5. The van der Waals surface area contributed by atoms with Gasteiger partial charge in [0.2, 0.25) is 5.91 Å². The molecule has 5 nitrogen and oxygen atoms in total. The summed E-state index contributed by atoms with van der Waals surface area (Å²) in [4.78, 5) is 17.3. The van der Waals surface area contributed by atoms with Crippen LogP contribution in [0.1, 0.15) is 12.0 Å². The molecule has 2 bridgehead atoms.